The van der Waals surface area contributed by atoms with Gasteiger partial charge in [-0.15, -0.1) is 0 Å². The lowest BCUT2D eigenvalue weighted by Crippen LogP contribution is -2.31. The van der Waals surface area contributed by atoms with Crippen molar-refractivity contribution in [3.8, 4) is 17.2 Å². The summed E-state index contributed by atoms with van der Waals surface area (Å²) < 4.78 is 20.8. The quantitative estimate of drug-likeness (QED) is 0.433. The van der Waals surface area contributed by atoms with Crippen LogP contribution in [0.2, 0.25) is 10.0 Å². The molecule has 0 heterocycles. The van der Waals surface area contributed by atoms with Crippen LogP contribution in [0.5, 0.6) is 17.2 Å². The molecule has 9 heteroatoms. The summed E-state index contributed by atoms with van der Waals surface area (Å²) in [6.45, 7) is 1.32. The molecule has 0 fully saturated rings. The van der Waals surface area contributed by atoms with Crippen molar-refractivity contribution < 1.29 is 28.5 Å². The Kier molecular flexibility index (Phi) is 9.03. The minimum Gasteiger partial charge on any atom is -0.496 e. The summed E-state index contributed by atoms with van der Waals surface area (Å²) in [6.07, 6.45) is 2.69. The molecule has 0 aliphatic heterocycles. The highest BCUT2D eigenvalue weighted by molar-refractivity contribution is 6.35. The molecule has 0 aliphatic rings. The van der Waals surface area contributed by atoms with E-state index in [1.807, 2.05) is 0 Å². The molecule has 166 valence electrons. The topological polar surface area (TPSA) is 83.1 Å². The number of nitrogens with one attached hydrogen (secondary N) is 1. The molecule has 2 rings (SSSR count). The maximum Gasteiger partial charge on any atom is 0.331 e. The normalized spacial score (nSPS) is 11.7. The van der Waals surface area contributed by atoms with Gasteiger partial charge in [0.1, 0.15) is 5.75 Å². The van der Waals surface area contributed by atoms with E-state index in [9.17, 15) is 9.59 Å². The van der Waals surface area contributed by atoms with Gasteiger partial charge in [0.05, 0.1) is 27.4 Å². The monoisotopic (exact) mass is 467 g/mol. The first-order valence-electron chi connectivity index (χ1n) is 9.18. The molecule has 0 spiro atoms. The minimum absolute atomic E-state index is 0.387. The highest BCUT2D eigenvalue weighted by atomic mass is 35.5. The van der Waals surface area contributed by atoms with E-state index in [1.165, 1.54) is 33.5 Å². The molecule has 7 nitrogen and oxygen atoms in total. The Bertz CT molecular complexity index is 977. The van der Waals surface area contributed by atoms with E-state index in [4.69, 9.17) is 42.1 Å². The van der Waals surface area contributed by atoms with Gasteiger partial charge in [-0.1, -0.05) is 29.3 Å². The summed E-state index contributed by atoms with van der Waals surface area (Å²) in [5.74, 6) is 0.289. The smallest absolute Gasteiger partial charge is 0.331 e. The van der Waals surface area contributed by atoms with E-state index in [0.717, 1.165) is 0 Å². The number of ether oxygens (including phenoxy) is 4. The van der Waals surface area contributed by atoms with Crippen LogP contribution in [0.4, 0.5) is 0 Å². The number of amides is 1. The zero-order chi connectivity index (χ0) is 23.0. The summed E-state index contributed by atoms with van der Waals surface area (Å²) in [4.78, 5) is 24.1. The lowest BCUT2D eigenvalue weighted by molar-refractivity contribution is -0.144. The number of carbonyl (C=O) groups is 2. The Labute approximate surface area is 190 Å². The largest absolute Gasteiger partial charge is 0.496 e. The summed E-state index contributed by atoms with van der Waals surface area (Å²) in [5.41, 5.74) is 1.28. The van der Waals surface area contributed by atoms with Crippen molar-refractivity contribution in [2.24, 2.45) is 0 Å². The second-order valence-electron chi connectivity index (χ2n) is 6.35. The van der Waals surface area contributed by atoms with Crippen LogP contribution in [-0.2, 0) is 14.3 Å². The van der Waals surface area contributed by atoms with Gasteiger partial charge in [-0.2, -0.15) is 0 Å². The standard InChI is InChI=1S/C22H23Cl2NO6/c1-13(16-7-6-15(23)10-17(16)24)25-21(26)12-31-22(27)8-5-14-9-19(29-3)20(30-4)11-18(14)28-2/h5-11,13H,12H2,1-4H3,(H,25,26)/b8-5+. The Morgan fingerprint density at radius 3 is 2.26 bits per heavy atom. The number of hydrogen-bond donors (Lipinski definition) is 1. The Hall–Kier alpha value is -2.90. The van der Waals surface area contributed by atoms with E-state index in [0.29, 0.717) is 38.4 Å². The molecule has 0 aromatic heterocycles. The van der Waals surface area contributed by atoms with Crippen molar-refractivity contribution >= 4 is 41.2 Å². The Balaban J connectivity index is 1.95. The summed E-state index contributed by atoms with van der Waals surface area (Å²) in [7, 11) is 4.51. The lowest BCUT2D eigenvalue weighted by Gasteiger charge is -2.15. The second-order valence-corrected chi connectivity index (χ2v) is 7.19. The first-order chi connectivity index (χ1) is 14.8. The fraction of sp³-hybridized carbons (Fsp3) is 0.273. The van der Waals surface area contributed by atoms with Gasteiger partial charge < -0.3 is 24.3 Å². The lowest BCUT2D eigenvalue weighted by atomic mass is 10.1. The molecule has 2 aromatic rings. The highest BCUT2D eigenvalue weighted by Crippen LogP contribution is 2.35. The van der Waals surface area contributed by atoms with Gasteiger partial charge in [-0.05, 0) is 36.8 Å². The van der Waals surface area contributed by atoms with Crippen LogP contribution in [0.1, 0.15) is 24.1 Å². The van der Waals surface area contributed by atoms with Crippen LogP contribution in [0.15, 0.2) is 36.4 Å². The van der Waals surface area contributed by atoms with E-state index in [1.54, 1.807) is 37.3 Å². The molecule has 31 heavy (non-hydrogen) atoms. The first-order valence-corrected chi connectivity index (χ1v) is 9.93. The van der Waals surface area contributed by atoms with Gasteiger partial charge in [0.2, 0.25) is 0 Å². The first kappa shape index (κ1) is 24.4. The molecule has 1 atom stereocenters. The van der Waals surface area contributed by atoms with Crippen molar-refractivity contribution in [1.29, 1.82) is 0 Å². The maximum atomic E-state index is 12.1. The number of carbonyl (C=O) groups excluding carboxylic acids is 2. The van der Waals surface area contributed by atoms with Crippen LogP contribution >= 0.6 is 23.2 Å². The maximum absolute atomic E-state index is 12.1. The minimum atomic E-state index is -0.691. The highest BCUT2D eigenvalue weighted by Gasteiger charge is 2.14. The molecular weight excluding hydrogens is 445 g/mol. The number of hydrogen-bond acceptors (Lipinski definition) is 6. The van der Waals surface area contributed by atoms with Gasteiger partial charge >= 0.3 is 5.97 Å². The van der Waals surface area contributed by atoms with E-state index >= 15 is 0 Å². The van der Waals surface area contributed by atoms with Gasteiger partial charge in [0.25, 0.3) is 5.91 Å². The molecule has 0 radical (unpaired) electrons. The van der Waals surface area contributed by atoms with Crippen LogP contribution in [0.25, 0.3) is 6.08 Å². The van der Waals surface area contributed by atoms with Gasteiger partial charge in [0.15, 0.2) is 18.1 Å². The van der Waals surface area contributed by atoms with Crippen LogP contribution in [-0.4, -0.2) is 39.8 Å². The molecule has 1 N–H and O–H groups in total. The number of esters is 1. The van der Waals surface area contributed by atoms with E-state index in [2.05, 4.69) is 5.32 Å². The van der Waals surface area contributed by atoms with Crippen molar-refractivity contribution in [3.63, 3.8) is 0 Å². The number of benzene rings is 2. The molecule has 0 saturated heterocycles. The Morgan fingerprint density at radius 2 is 1.65 bits per heavy atom. The van der Waals surface area contributed by atoms with Crippen LogP contribution in [0, 0.1) is 0 Å². The summed E-state index contributed by atoms with van der Waals surface area (Å²) >= 11 is 12.0. The molecule has 0 saturated carbocycles. The number of halogens is 2. The second kappa shape index (κ2) is 11.5. The Morgan fingerprint density at radius 1 is 1.00 bits per heavy atom. The van der Waals surface area contributed by atoms with Crippen LogP contribution in [0.3, 0.4) is 0 Å². The summed E-state index contributed by atoms with van der Waals surface area (Å²) in [6, 6.07) is 7.91. The fourth-order valence-electron chi connectivity index (χ4n) is 2.74. The summed E-state index contributed by atoms with van der Waals surface area (Å²) in [5, 5.41) is 3.65. The predicted octanol–water partition coefficient (Wildman–Crippen LogP) is 4.45. The van der Waals surface area contributed by atoms with E-state index in [-0.39, 0.29) is 6.04 Å². The molecule has 0 aliphatic carbocycles. The molecule has 0 bridgehead atoms. The van der Waals surface area contributed by atoms with Gasteiger partial charge in [-0.3, -0.25) is 4.79 Å². The van der Waals surface area contributed by atoms with Crippen molar-refractivity contribution in [3.05, 3.63) is 57.6 Å². The third-order valence-corrected chi connectivity index (χ3v) is 4.85. The average Bonchev–Trinajstić information content (AvgIpc) is 2.75. The zero-order valence-corrected chi connectivity index (χ0v) is 19.0. The zero-order valence-electron chi connectivity index (χ0n) is 17.5. The third kappa shape index (κ3) is 6.80. The number of rotatable bonds is 9. The molecule has 1 unspecified atom stereocenters. The third-order valence-electron chi connectivity index (χ3n) is 4.29. The number of methoxy groups -OCH3 is 3. The average molecular weight is 468 g/mol. The van der Waals surface area contributed by atoms with Crippen LogP contribution < -0.4 is 19.5 Å². The predicted molar refractivity (Wildman–Crippen MR) is 119 cm³/mol. The van der Waals surface area contributed by atoms with Crippen molar-refractivity contribution in [1.82, 2.24) is 5.32 Å². The molecular formula is C22H23Cl2NO6. The van der Waals surface area contributed by atoms with Crippen molar-refractivity contribution in [2.45, 2.75) is 13.0 Å². The fourth-order valence-corrected chi connectivity index (χ4v) is 3.31. The van der Waals surface area contributed by atoms with E-state index < -0.39 is 18.5 Å². The molecule has 2 aromatic carbocycles. The van der Waals surface area contributed by atoms with Crippen molar-refractivity contribution in [2.75, 3.05) is 27.9 Å². The SMILES string of the molecule is COc1cc(OC)c(OC)cc1/C=C/C(=O)OCC(=O)NC(C)c1ccc(Cl)cc1Cl. The van der Waals surface area contributed by atoms with Gasteiger partial charge in [-0.25, -0.2) is 4.79 Å². The van der Waals surface area contributed by atoms with Gasteiger partial charge in [0, 0.05) is 27.8 Å². The molecule has 1 amide bonds.